The van der Waals surface area contributed by atoms with Crippen molar-refractivity contribution in [3.8, 4) is 21.8 Å². The number of aromatic nitrogens is 3. The predicted octanol–water partition coefficient (Wildman–Crippen LogP) is 4.84. The molecule has 2 aliphatic rings. The van der Waals surface area contributed by atoms with Gasteiger partial charge in [-0.05, 0) is 87.6 Å². The van der Waals surface area contributed by atoms with E-state index in [4.69, 9.17) is 9.97 Å². The van der Waals surface area contributed by atoms with E-state index in [1.807, 2.05) is 18.2 Å². The van der Waals surface area contributed by atoms with Crippen LogP contribution in [0.15, 0.2) is 60.8 Å². The second-order valence-corrected chi connectivity index (χ2v) is 11.4. The summed E-state index contributed by atoms with van der Waals surface area (Å²) in [6.45, 7) is 5.75. The van der Waals surface area contributed by atoms with Crippen LogP contribution in [0, 0.1) is 11.7 Å². The highest BCUT2D eigenvalue weighted by molar-refractivity contribution is 7.19. The number of thiazole rings is 1. The number of benzene rings is 2. The highest BCUT2D eigenvalue weighted by atomic mass is 32.1. The second kappa shape index (κ2) is 12.3. The first kappa shape index (κ1) is 27.3. The fraction of sp³-hybridized carbons (Fsp3) is 0.333. The average molecular weight is 573 g/mol. The van der Waals surface area contributed by atoms with Crippen molar-refractivity contribution in [2.75, 3.05) is 61.8 Å². The maximum absolute atomic E-state index is 13.7. The highest BCUT2D eigenvalue weighted by Crippen LogP contribution is 2.39. The van der Waals surface area contributed by atoms with Crippen molar-refractivity contribution in [3.63, 3.8) is 0 Å². The fourth-order valence-corrected chi connectivity index (χ4v) is 6.14. The number of halogens is 1. The number of anilines is 4. The van der Waals surface area contributed by atoms with E-state index in [1.54, 1.807) is 18.3 Å². The SMILES string of the molecule is CN1CCC(C(=O)Nc2nc(-c3ccc(F)cc3)c(-c3ccnc(Nc4ccc(N5CCNCC5)cc4)n3)s2)CC1. The van der Waals surface area contributed by atoms with E-state index in [9.17, 15) is 9.18 Å². The molecule has 6 rings (SSSR count). The Labute approximate surface area is 242 Å². The Hall–Kier alpha value is -3.93. The number of amides is 1. The number of carbonyl (C=O) groups excluding carboxylic acids is 1. The van der Waals surface area contributed by atoms with Crippen LogP contribution in [0.4, 0.5) is 26.8 Å². The van der Waals surface area contributed by atoms with Crippen molar-refractivity contribution >= 4 is 39.7 Å². The number of nitrogens with one attached hydrogen (secondary N) is 3. The van der Waals surface area contributed by atoms with Gasteiger partial charge in [0.05, 0.1) is 16.3 Å². The van der Waals surface area contributed by atoms with E-state index in [2.05, 4.69) is 49.9 Å². The first-order valence-electron chi connectivity index (χ1n) is 13.9. The van der Waals surface area contributed by atoms with Gasteiger partial charge in [-0.15, -0.1) is 0 Å². The molecule has 2 fully saturated rings. The molecule has 1 amide bonds. The lowest BCUT2D eigenvalue weighted by atomic mass is 9.96. The minimum Gasteiger partial charge on any atom is -0.369 e. The van der Waals surface area contributed by atoms with E-state index in [0.717, 1.165) is 68.2 Å². The summed E-state index contributed by atoms with van der Waals surface area (Å²) >= 11 is 1.36. The smallest absolute Gasteiger partial charge is 0.229 e. The molecular weight excluding hydrogens is 539 g/mol. The zero-order valence-corrected chi connectivity index (χ0v) is 23.8. The van der Waals surface area contributed by atoms with E-state index in [-0.39, 0.29) is 17.6 Å². The standard InChI is InChI=1S/C30H33FN8OS/c1-38-16-11-21(12-17-38)28(40)37-30-36-26(20-2-4-22(31)5-3-20)27(41-30)25-10-13-33-29(35-25)34-23-6-8-24(9-7-23)39-18-14-32-15-19-39/h2-10,13,21,32H,11-12,14-19H2,1H3,(H,33,34,35)(H,36,37,40). The van der Waals surface area contributed by atoms with Crippen LogP contribution in [-0.2, 0) is 4.79 Å². The molecule has 2 saturated heterocycles. The Morgan fingerprint density at radius 2 is 1.71 bits per heavy atom. The van der Waals surface area contributed by atoms with Crippen molar-refractivity contribution in [1.82, 2.24) is 25.2 Å². The lowest BCUT2D eigenvalue weighted by Gasteiger charge is -2.29. The van der Waals surface area contributed by atoms with E-state index in [1.165, 1.54) is 29.2 Å². The summed E-state index contributed by atoms with van der Waals surface area (Å²) in [7, 11) is 2.07. The van der Waals surface area contributed by atoms with Gasteiger partial charge < -0.3 is 25.8 Å². The van der Waals surface area contributed by atoms with Crippen LogP contribution in [0.5, 0.6) is 0 Å². The molecule has 0 radical (unpaired) electrons. The van der Waals surface area contributed by atoms with Gasteiger partial charge in [0, 0.05) is 55.2 Å². The minimum absolute atomic E-state index is 0.0154. The Kier molecular flexibility index (Phi) is 8.17. The predicted molar refractivity (Wildman–Crippen MR) is 162 cm³/mol. The van der Waals surface area contributed by atoms with Crippen molar-refractivity contribution in [2.24, 2.45) is 5.92 Å². The van der Waals surface area contributed by atoms with E-state index in [0.29, 0.717) is 22.5 Å². The molecule has 2 aromatic heterocycles. The van der Waals surface area contributed by atoms with Crippen molar-refractivity contribution in [3.05, 3.63) is 66.6 Å². The quantitative estimate of drug-likeness (QED) is 0.290. The van der Waals surface area contributed by atoms with Crippen LogP contribution in [0.25, 0.3) is 21.8 Å². The van der Waals surface area contributed by atoms with E-state index >= 15 is 0 Å². The number of hydrogen-bond acceptors (Lipinski definition) is 9. The molecule has 0 atom stereocenters. The number of piperidine rings is 1. The van der Waals surface area contributed by atoms with Crippen LogP contribution >= 0.6 is 11.3 Å². The van der Waals surface area contributed by atoms with E-state index < -0.39 is 0 Å². The first-order chi connectivity index (χ1) is 20.0. The van der Waals surface area contributed by atoms with Crippen molar-refractivity contribution in [2.45, 2.75) is 12.8 Å². The lowest BCUT2D eigenvalue weighted by Crippen LogP contribution is -2.43. The number of hydrogen-bond donors (Lipinski definition) is 3. The third kappa shape index (κ3) is 6.53. The molecule has 4 aromatic rings. The summed E-state index contributed by atoms with van der Waals surface area (Å²) in [4.78, 5) is 32.4. The molecule has 0 bridgehead atoms. The zero-order chi connectivity index (χ0) is 28.2. The van der Waals surface area contributed by atoms with Crippen LogP contribution in [0.1, 0.15) is 12.8 Å². The van der Waals surface area contributed by atoms with Gasteiger partial charge in [0.2, 0.25) is 11.9 Å². The summed E-state index contributed by atoms with van der Waals surface area (Å²) in [5.74, 6) is 0.0737. The Balaban J connectivity index is 1.24. The molecule has 0 unspecified atom stereocenters. The summed E-state index contributed by atoms with van der Waals surface area (Å²) in [6, 6.07) is 16.3. The van der Waals surface area contributed by atoms with Gasteiger partial charge in [-0.1, -0.05) is 11.3 Å². The van der Waals surface area contributed by atoms with Crippen LogP contribution in [0.2, 0.25) is 0 Å². The van der Waals surface area contributed by atoms with Gasteiger partial charge in [-0.3, -0.25) is 4.79 Å². The maximum Gasteiger partial charge on any atom is 0.229 e. The zero-order valence-electron chi connectivity index (χ0n) is 22.9. The Morgan fingerprint density at radius 3 is 2.44 bits per heavy atom. The van der Waals surface area contributed by atoms with Gasteiger partial charge >= 0.3 is 0 Å². The normalized spacial score (nSPS) is 16.5. The molecule has 3 N–H and O–H groups in total. The monoisotopic (exact) mass is 572 g/mol. The van der Waals surface area contributed by atoms with Gasteiger partial charge in [0.15, 0.2) is 5.13 Å². The van der Waals surface area contributed by atoms with Crippen molar-refractivity contribution < 1.29 is 9.18 Å². The largest absolute Gasteiger partial charge is 0.369 e. The van der Waals surface area contributed by atoms with Crippen LogP contribution < -0.4 is 20.9 Å². The van der Waals surface area contributed by atoms with Gasteiger partial charge in [0.1, 0.15) is 5.82 Å². The Morgan fingerprint density at radius 1 is 0.976 bits per heavy atom. The summed E-state index contributed by atoms with van der Waals surface area (Å²) in [5, 5.41) is 10.2. The Bertz CT molecular complexity index is 1480. The molecule has 41 heavy (non-hydrogen) atoms. The van der Waals surface area contributed by atoms with Gasteiger partial charge in [-0.2, -0.15) is 0 Å². The molecule has 11 heteroatoms. The number of carbonyl (C=O) groups is 1. The third-order valence-electron chi connectivity index (χ3n) is 7.56. The number of nitrogens with zero attached hydrogens (tertiary/aromatic N) is 5. The summed E-state index contributed by atoms with van der Waals surface area (Å²) < 4.78 is 13.7. The van der Waals surface area contributed by atoms with Gasteiger partial charge in [0.25, 0.3) is 0 Å². The molecular formula is C30H33FN8OS. The molecule has 212 valence electrons. The number of likely N-dealkylation sites (tertiary alicyclic amines) is 1. The fourth-order valence-electron chi connectivity index (χ4n) is 5.18. The van der Waals surface area contributed by atoms with Crippen LogP contribution in [0.3, 0.4) is 0 Å². The average Bonchev–Trinajstić information content (AvgIpc) is 3.42. The maximum atomic E-state index is 13.7. The molecule has 2 aromatic carbocycles. The second-order valence-electron chi connectivity index (χ2n) is 10.4. The molecule has 9 nitrogen and oxygen atoms in total. The highest BCUT2D eigenvalue weighted by Gasteiger charge is 2.25. The molecule has 0 spiro atoms. The molecule has 2 aliphatic heterocycles. The molecule has 4 heterocycles. The summed E-state index contributed by atoms with van der Waals surface area (Å²) in [6.07, 6.45) is 3.34. The topological polar surface area (TPSA) is 98.3 Å². The molecule has 0 aliphatic carbocycles. The number of piperazine rings is 1. The number of rotatable bonds is 7. The first-order valence-corrected chi connectivity index (χ1v) is 14.8. The third-order valence-corrected chi connectivity index (χ3v) is 8.55. The van der Waals surface area contributed by atoms with Crippen molar-refractivity contribution in [1.29, 1.82) is 0 Å². The molecule has 0 saturated carbocycles. The lowest BCUT2D eigenvalue weighted by molar-refractivity contribution is -0.121. The minimum atomic E-state index is -0.321. The van der Waals surface area contributed by atoms with Gasteiger partial charge in [-0.25, -0.2) is 19.3 Å². The summed E-state index contributed by atoms with van der Waals surface area (Å²) in [5.41, 5.74) is 4.12. The van der Waals surface area contributed by atoms with Crippen LogP contribution in [-0.4, -0.2) is 72.1 Å².